The number of thiophene rings is 1. The molecule has 0 radical (unpaired) electrons. The van der Waals surface area contributed by atoms with Crippen molar-refractivity contribution in [2.75, 3.05) is 0 Å². The Kier molecular flexibility index (Phi) is 3.26. The fourth-order valence-corrected chi connectivity index (χ4v) is 3.53. The molecule has 1 atom stereocenters. The van der Waals surface area contributed by atoms with Gasteiger partial charge in [0.1, 0.15) is 5.82 Å². The van der Waals surface area contributed by atoms with Crippen molar-refractivity contribution in [3.63, 3.8) is 0 Å². The third-order valence-electron chi connectivity index (χ3n) is 3.28. The summed E-state index contributed by atoms with van der Waals surface area (Å²) < 4.78 is 14.7. The van der Waals surface area contributed by atoms with Crippen LogP contribution in [0.3, 0.4) is 0 Å². The lowest BCUT2D eigenvalue weighted by atomic mass is 10.1. The Hall–Kier alpha value is -0.710. The maximum atomic E-state index is 13.8. The van der Waals surface area contributed by atoms with Crippen LogP contribution in [0, 0.1) is 11.7 Å². The molecule has 94 valence electrons. The summed E-state index contributed by atoms with van der Waals surface area (Å²) in [6, 6.07) is 9.13. The van der Waals surface area contributed by atoms with Crippen LogP contribution < -0.4 is 5.73 Å². The van der Waals surface area contributed by atoms with E-state index in [1.807, 2.05) is 18.2 Å². The van der Waals surface area contributed by atoms with Crippen molar-refractivity contribution in [2.45, 2.75) is 18.9 Å². The molecule has 18 heavy (non-hydrogen) atoms. The van der Waals surface area contributed by atoms with Gasteiger partial charge in [-0.1, -0.05) is 15.9 Å². The SMILES string of the molecule is NC(c1ccc(-c2cc(Br)ccc2F)s1)C1CC1. The van der Waals surface area contributed by atoms with E-state index in [2.05, 4.69) is 15.9 Å². The van der Waals surface area contributed by atoms with Gasteiger partial charge in [-0.2, -0.15) is 0 Å². The first-order chi connectivity index (χ1) is 8.65. The molecule has 0 bridgehead atoms. The predicted octanol–water partition coefficient (Wildman–Crippen LogP) is 4.73. The highest BCUT2D eigenvalue weighted by Gasteiger charge is 2.30. The van der Waals surface area contributed by atoms with E-state index in [1.165, 1.54) is 18.9 Å². The average Bonchev–Trinajstić information content (AvgIpc) is 3.09. The first-order valence-electron chi connectivity index (χ1n) is 5.96. The highest BCUT2D eigenvalue weighted by Crippen LogP contribution is 2.43. The molecule has 2 aromatic rings. The fraction of sp³-hybridized carbons (Fsp3) is 0.286. The van der Waals surface area contributed by atoms with Crippen LogP contribution in [0.15, 0.2) is 34.8 Å². The molecule has 0 amide bonds. The van der Waals surface area contributed by atoms with E-state index in [0.717, 1.165) is 14.2 Å². The predicted molar refractivity (Wildman–Crippen MR) is 77.1 cm³/mol. The van der Waals surface area contributed by atoms with Gasteiger partial charge in [0, 0.05) is 25.8 Å². The van der Waals surface area contributed by atoms with E-state index in [1.54, 1.807) is 17.4 Å². The minimum atomic E-state index is -0.188. The van der Waals surface area contributed by atoms with Crippen molar-refractivity contribution in [1.29, 1.82) is 0 Å². The zero-order valence-electron chi connectivity index (χ0n) is 9.70. The van der Waals surface area contributed by atoms with Crippen LogP contribution in [-0.2, 0) is 0 Å². The molecule has 1 nitrogen and oxygen atoms in total. The molecule has 4 heteroatoms. The van der Waals surface area contributed by atoms with Gasteiger partial charge in [-0.3, -0.25) is 0 Å². The fourth-order valence-electron chi connectivity index (χ4n) is 2.05. The highest BCUT2D eigenvalue weighted by atomic mass is 79.9. The van der Waals surface area contributed by atoms with Crippen molar-refractivity contribution >= 4 is 27.3 Å². The van der Waals surface area contributed by atoms with Crippen LogP contribution >= 0.6 is 27.3 Å². The van der Waals surface area contributed by atoms with Crippen LogP contribution in [0.5, 0.6) is 0 Å². The van der Waals surface area contributed by atoms with E-state index in [4.69, 9.17) is 5.73 Å². The van der Waals surface area contributed by atoms with Gasteiger partial charge in [-0.25, -0.2) is 4.39 Å². The molecule has 0 saturated heterocycles. The lowest BCUT2D eigenvalue weighted by Crippen LogP contribution is -2.10. The van der Waals surface area contributed by atoms with E-state index in [-0.39, 0.29) is 11.9 Å². The number of nitrogens with two attached hydrogens (primary N) is 1. The Morgan fingerprint density at radius 3 is 2.78 bits per heavy atom. The van der Waals surface area contributed by atoms with Crippen LogP contribution in [0.25, 0.3) is 10.4 Å². The summed E-state index contributed by atoms with van der Waals surface area (Å²) in [6.45, 7) is 0. The molecule has 1 aliphatic rings. The zero-order valence-corrected chi connectivity index (χ0v) is 12.1. The molecule has 1 saturated carbocycles. The van der Waals surface area contributed by atoms with Crippen molar-refractivity contribution in [1.82, 2.24) is 0 Å². The third-order valence-corrected chi connectivity index (χ3v) is 4.99. The van der Waals surface area contributed by atoms with Crippen molar-refractivity contribution in [2.24, 2.45) is 11.7 Å². The molecule has 1 heterocycles. The van der Waals surface area contributed by atoms with Gasteiger partial charge < -0.3 is 5.73 Å². The Balaban J connectivity index is 1.94. The Bertz CT molecular complexity index is 577. The van der Waals surface area contributed by atoms with E-state index in [9.17, 15) is 4.39 Å². The highest BCUT2D eigenvalue weighted by molar-refractivity contribution is 9.10. The third kappa shape index (κ3) is 2.37. The van der Waals surface area contributed by atoms with Crippen LogP contribution in [0.1, 0.15) is 23.8 Å². The van der Waals surface area contributed by atoms with Gasteiger partial charge in [0.15, 0.2) is 0 Å². The molecule has 1 aromatic carbocycles. The molecule has 1 aromatic heterocycles. The topological polar surface area (TPSA) is 26.0 Å². The van der Waals surface area contributed by atoms with Gasteiger partial charge in [-0.05, 0) is 49.1 Å². The van der Waals surface area contributed by atoms with Gasteiger partial charge in [0.2, 0.25) is 0 Å². The second-order valence-corrected chi connectivity index (χ2v) is 6.72. The smallest absolute Gasteiger partial charge is 0.131 e. The summed E-state index contributed by atoms with van der Waals surface area (Å²) in [6.07, 6.45) is 2.44. The second-order valence-electron chi connectivity index (χ2n) is 4.69. The standard InChI is InChI=1S/C14H13BrFNS/c15-9-3-4-11(16)10(7-9)12-5-6-13(18-12)14(17)8-1-2-8/h3-8,14H,1-2,17H2. The summed E-state index contributed by atoms with van der Waals surface area (Å²) in [4.78, 5) is 2.10. The molecule has 1 fully saturated rings. The Morgan fingerprint density at radius 2 is 2.06 bits per heavy atom. The Morgan fingerprint density at radius 1 is 1.28 bits per heavy atom. The maximum Gasteiger partial charge on any atom is 0.131 e. The molecule has 2 N–H and O–H groups in total. The summed E-state index contributed by atoms with van der Waals surface area (Å²) in [5.41, 5.74) is 6.81. The maximum absolute atomic E-state index is 13.8. The number of benzene rings is 1. The lowest BCUT2D eigenvalue weighted by molar-refractivity contribution is 0.631. The average molecular weight is 326 g/mol. The van der Waals surface area contributed by atoms with E-state index >= 15 is 0 Å². The molecule has 1 aliphatic carbocycles. The first kappa shape index (κ1) is 12.3. The van der Waals surface area contributed by atoms with Crippen molar-refractivity contribution < 1.29 is 4.39 Å². The quantitative estimate of drug-likeness (QED) is 0.867. The van der Waals surface area contributed by atoms with Gasteiger partial charge >= 0.3 is 0 Å². The first-order valence-corrected chi connectivity index (χ1v) is 7.57. The second kappa shape index (κ2) is 4.76. The molecule has 3 rings (SSSR count). The minimum absolute atomic E-state index is 0.124. The summed E-state index contributed by atoms with van der Waals surface area (Å²) in [5, 5.41) is 0. The van der Waals surface area contributed by atoms with Crippen LogP contribution in [-0.4, -0.2) is 0 Å². The largest absolute Gasteiger partial charge is 0.323 e. The van der Waals surface area contributed by atoms with E-state index < -0.39 is 0 Å². The molecular weight excluding hydrogens is 313 g/mol. The van der Waals surface area contributed by atoms with Crippen molar-refractivity contribution in [3.8, 4) is 10.4 Å². The summed E-state index contributed by atoms with van der Waals surface area (Å²) in [5.74, 6) is 0.440. The van der Waals surface area contributed by atoms with E-state index in [0.29, 0.717) is 11.5 Å². The normalized spacial score (nSPS) is 16.8. The van der Waals surface area contributed by atoms with Crippen LogP contribution in [0.4, 0.5) is 4.39 Å². The monoisotopic (exact) mass is 325 g/mol. The number of halogens is 2. The van der Waals surface area contributed by atoms with Crippen molar-refractivity contribution in [3.05, 3.63) is 45.5 Å². The summed E-state index contributed by atoms with van der Waals surface area (Å²) in [7, 11) is 0. The number of hydrogen-bond donors (Lipinski definition) is 1. The molecular formula is C14H13BrFNS. The Labute approximate surface area is 118 Å². The van der Waals surface area contributed by atoms with Crippen LogP contribution in [0.2, 0.25) is 0 Å². The number of hydrogen-bond acceptors (Lipinski definition) is 2. The lowest BCUT2D eigenvalue weighted by Gasteiger charge is -2.06. The number of rotatable bonds is 3. The molecule has 0 aliphatic heterocycles. The molecule has 0 spiro atoms. The summed E-state index contributed by atoms with van der Waals surface area (Å²) >= 11 is 4.98. The minimum Gasteiger partial charge on any atom is -0.323 e. The molecule has 1 unspecified atom stereocenters. The van der Waals surface area contributed by atoms with Gasteiger partial charge in [0.05, 0.1) is 0 Å². The van der Waals surface area contributed by atoms with Gasteiger partial charge in [0.25, 0.3) is 0 Å². The van der Waals surface area contributed by atoms with Gasteiger partial charge in [-0.15, -0.1) is 11.3 Å². The zero-order chi connectivity index (χ0) is 12.7.